The Morgan fingerprint density at radius 1 is 1.16 bits per heavy atom. The van der Waals surface area contributed by atoms with Gasteiger partial charge in [0.25, 0.3) is 0 Å². The third kappa shape index (κ3) is 3.73. The highest BCUT2D eigenvalue weighted by atomic mass is 35.5. The Hall–Kier alpha value is -2.22. The first-order chi connectivity index (χ1) is 11.8. The van der Waals surface area contributed by atoms with Crippen LogP contribution in [-0.2, 0) is 21.3 Å². The van der Waals surface area contributed by atoms with E-state index in [0.717, 1.165) is 0 Å². The fourth-order valence-corrected chi connectivity index (χ4v) is 3.92. The van der Waals surface area contributed by atoms with Gasteiger partial charge in [0.1, 0.15) is 16.2 Å². The molecule has 1 N–H and O–H groups in total. The minimum absolute atomic E-state index is 0.000216. The number of fused-ring (bicyclic) bond motifs is 1. The molecule has 0 aliphatic heterocycles. The molecule has 3 aromatic rings. The third-order valence-corrected chi connectivity index (χ3v) is 5.30. The molecule has 0 radical (unpaired) electrons. The minimum atomic E-state index is -4.20. The normalized spacial score (nSPS) is 11.6. The van der Waals surface area contributed by atoms with Crippen LogP contribution in [0, 0.1) is 0 Å². The van der Waals surface area contributed by atoms with Crippen molar-refractivity contribution in [3.63, 3.8) is 0 Å². The van der Waals surface area contributed by atoms with E-state index in [1.807, 2.05) is 0 Å². The van der Waals surface area contributed by atoms with Crippen LogP contribution in [0.1, 0.15) is 5.56 Å². The van der Waals surface area contributed by atoms with E-state index in [1.54, 1.807) is 0 Å². The molecule has 0 bridgehead atoms. The molecular weight excluding hydrogens is 391 g/mol. The van der Waals surface area contributed by atoms with Gasteiger partial charge in [-0.15, -0.1) is 0 Å². The van der Waals surface area contributed by atoms with E-state index in [1.165, 1.54) is 42.7 Å². The lowest BCUT2D eigenvalue weighted by Crippen LogP contribution is -2.10. The predicted octanol–water partition coefficient (Wildman–Crippen LogP) is 4.13. The number of furan rings is 1. The van der Waals surface area contributed by atoms with Gasteiger partial charge < -0.3 is 13.7 Å². The van der Waals surface area contributed by atoms with Gasteiger partial charge >= 0.3 is 16.1 Å². The van der Waals surface area contributed by atoms with Gasteiger partial charge in [-0.2, -0.15) is 8.42 Å². The van der Waals surface area contributed by atoms with Crippen molar-refractivity contribution >= 4 is 50.3 Å². The average Bonchev–Trinajstić information content (AvgIpc) is 2.91. The van der Waals surface area contributed by atoms with Crippen molar-refractivity contribution in [2.45, 2.75) is 11.3 Å². The molecule has 0 saturated heterocycles. The maximum atomic E-state index is 12.4. The van der Waals surface area contributed by atoms with Crippen LogP contribution < -0.4 is 4.18 Å². The van der Waals surface area contributed by atoms with Crippen molar-refractivity contribution in [3.05, 3.63) is 58.3 Å². The van der Waals surface area contributed by atoms with E-state index < -0.39 is 16.1 Å². The molecule has 25 heavy (non-hydrogen) atoms. The lowest BCUT2D eigenvalue weighted by molar-refractivity contribution is -0.136. The molecule has 130 valence electrons. The molecule has 6 nitrogen and oxygen atoms in total. The molecule has 3 rings (SSSR count). The summed E-state index contributed by atoms with van der Waals surface area (Å²) >= 11 is 11.7. The molecule has 0 aliphatic carbocycles. The summed E-state index contributed by atoms with van der Waals surface area (Å²) in [6.07, 6.45) is 1.11. The SMILES string of the molecule is O=C(O)Cc1coc2cc(OS(=O)(=O)c3cc(Cl)ccc3Cl)ccc12. The standard InChI is InChI=1S/C16H10Cl2O6S/c17-10-1-4-13(18)15(6-10)25(21,22)24-11-2-3-12-9(5-16(19)20)8-23-14(12)7-11/h1-4,6-8H,5H2,(H,19,20). The Morgan fingerprint density at radius 3 is 2.64 bits per heavy atom. The van der Waals surface area contributed by atoms with Gasteiger partial charge in [-0.25, -0.2) is 0 Å². The summed E-state index contributed by atoms with van der Waals surface area (Å²) in [7, 11) is -4.20. The van der Waals surface area contributed by atoms with Crippen molar-refractivity contribution in [3.8, 4) is 5.75 Å². The van der Waals surface area contributed by atoms with E-state index in [9.17, 15) is 13.2 Å². The first-order valence-corrected chi connectivity index (χ1v) is 9.04. The Balaban J connectivity index is 1.95. The van der Waals surface area contributed by atoms with Crippen molar-refractivity contribution in [1.82, 2.24) is 0 Å². The van der Waals surface area contributed by atoms with Crippen LogP contribution in [0.15, 0.2) is 52.0 Å². The summed E-state index contributed by atoms with van der Waals surface area (Å²) in [5.41, 5.74) is 0.788. The molecule has 0 saturated carbocycles. The summed E-state index contributed by atoms with van der Waals surface area (Å²) in [5, 5.41) is 9.60. The molecule has 0 amide bonds. The van der Waals surface area contributed by atoms with Crippen molar-refractivity contribution < 1.29 is 26.9 Å². The van der Waals surface area contributed by atoms with Crippen molar-refractivity contribution in [2.75, 3.05) is 0 Å². The summed E-state index contributed by atoms with van der Waals surface area (Å²) in [5.74, 6) is -0.999. The van der Waals surface area contributed by atoms with Crippen LogP contribution in [0.25, 0.3) is 11.0 Å². The zero-order valence-electron chi connectivity index (χ0n) is 12.4. The van der Waals surface area contributed by atoms with Crippen molar-refractivity contribution in [1.29, 1.82) is 0 Å². The number of hydrogen-bond acceptors (Lipinski definition) is 5. The highest BCUT2D eigenvalue weighted by Crippen LogP contribution is 2.30. The lowest BCUT2D eigenvalue weighted by atomic mass is 10.1. The van der Waals surface area contributed by atoms with Gasteiger partial charge in [-0.05, 0) is 30.3 Å². The highest BCUT2D eigenvalue weighted by Gasteiger charge is 2.21. The zero-order chi connectivity index (χ0) is 18.2. The molecule has 0 aliphatic rings. The monoisotopic (exact) mass is 400 g/mol. The third-order valence-electron chi connectivity index (χ3n) is 3.34. The summed E-state index contributed by atoms with van der Waals surface area (Å²) in [6, 6.07) is 8.29. The first-order valence-electron chi connectivity index (χ1n) is 6.88. The summed E-state index contributed by atoms with van der Waals surface area (Å²) in [4.78, 5) is 10.6. The minimum Gasteiger partial charge on any atom is -0.481 e. The topological polar surface area (TPSA) is 93.8 Å². The zero-order valence-corrected chi connectivity index (χ0v) is 14.7. The van der Waals surface area contributed by atoms with E-state index in [-0.39, 0.29) is 27.1 Å². The molecule has 0 spiro atoms. The highest BCUT2D eigenvalue weighted by molar-refractivity contribution is 7.87. The second-order valence-corrected chi connectivity index (χ2v) is 7.46. The number of rotatable bonds is 5. The summed E-state index contributed by atoms with van der Waals surface area (Å²) < 4.78 is 35.1. The Labute approximate surface area is 152 Å². The molecule has 1 aromatic heterocycles. The Bertz CT molecular complexity index is 1070. The van der Waals surface area contributed by atoms with E-state index in [2.05, 4.69) is 0 Å². The molecule has 1 heterocycles. The quantitative estimate of drug-likeness (QED) is 0.646. The van der Waals surface area contributed by atoms with Gasteiger partial charge in [0.05, 0.1) is 17.7 Å². The number of carboxylic acid groups (broad SMARTS) is 1. The largest absolute Gasteiger partial charge is 0.481 e. The number of hydrogen-bond donors (Lipinski definition) is 1. The number of carboxylic acids is 1. The van der Waals surface area contributed by atoms with Crippen LogP contribution in [0.4, 0.5) is 0 Å². The van der Waals surface area contributed by atoms with Crippen LogP contribution >= 0.6 is 23.2 Å². The van der Waals surface area contributed by atoms with Gasteiger partial charge in [-0.3, -0.25) is 4.79 Å². The number of aliphatic carboxylic acids is 1. The fraction of sp³-hybridized carbons (Fsp3) is 0.0625. The lowest BCUT2D eigenvalue weighted by Gasteiger charge is -2.08. The number of carbonyl (C=O) groups is 1. The predicted molar refractivity (Wildman–Crippen MR) is 91.8 cm³/mol. The second-order valence-electron chi connectivity index (χ2n) is 5.10. The molecule has 2 aromatic carbocycles. The van der Waals surface area contributed by atoms with Gasteiger partial charge in [0.2, 0.25) is 0 Å². The van der Waals surface area contributed by atoms with Crippen molar-refractivity contribution in [2.24, 2.45) is 0 Å². The number of halogens is 2. The molecular formula is C16H10Cl2O6S. The molecule has 0 unspecified atom stereocenters. The van der Waals surface area contributed by atoms with E-state index >= 15 is 0 Å². The van der Waals surface area contributed by atoms with Crippen LogP contribution in [-0.4, -0.2) is 19.5 Å². The van der Waals surface area contributed by atoms with Crippen LogP contribution in [0.2, 0.25) is 10.0 Å². The summed E-state index contributed by atoms with van der Waals surface area (Å²) in [6.45, 7) is 0. The smallest absolute Gasteiger partial charge is 0.340 e. The van der Waals surface area contributed by atoms with Gasteiger partial charge in [-0.1, -0.05) is 23.2 Å². The molecule has 9 heteroatoms. The van der Waals surface area contributed by atoms with E-state index in [4.69, 9.17) is 36.9 Å². The fourth-order valence-electron chi connectivity index (χ4n) is 2.26. The second kappa shape index (κ2) is 6.59. The maximum absolute atomic E-state index is 12.4. The van der Waals surface area contributed by atoms with Crippen LogP contribution in [0.3, 0.4) is 0 Å². The Morgan fingerprint density at radius 2 is 1.92 bits per heavy atom. The van der Waals surface area contributed by atoms with E-state index in [0.29, 0.717) is 16.5 Å². The first kappa shape index (κ1) is 17.6. The molecule has 0 atom stereocenters. The van der Waals surface area contributed by atoms with Crippen LogP contribution in [0.5, 0.6) is 5.75 Å². The van der Waals surface area contributed by atoms with Gasteiger partial charge in [0.15, 0.2) is 0 Å². The Kier molecular flexibility index (Phi) is 4.64. The maximum Gasteiger partial charge on any atom is 0.340 e. The number of benzene rings is 2. The van der Waals surface area contributed by atoms with Gasteiger partial charge in [0, 0.05) is 22.0 Å². The average molecular weight is 401 g/mol. The molecule has 0 fully saturated rings.